The molecule has 0 aliphatic rings. The van der Waals surface area contributed by atoms with Crippen molar-refractivity contribution in [1.29, 1.82) is 0 Å². The van der Waals surface area contributed by atoms with Crippen LogP contribution >= 0.6 is 0 Å². The van der Waals surface area contributed by atoms with E-state index in [2.05, 4.69) is 25.6 Å². The second-order valence-electron chi connectivity index (χ2n) is 3.74. The lowest BCUT2D eigenvalue weighted by molar-refractivity contribution is 0.947. The minimum atomic E-state index is -0.345. The van der Waals surface area contributed by atoms with Gasteiger partial charge in [-0.1, -0.05) is 18.2 Å². The Morgan fingerprint density at radius 2 is 2.06 bits per heavy atom. The Balaban J connectivity index is 2.23. The third kappa shape index (κ3) is 1.54. The molecule has 5 N–H and O–H groups in total. The smallest absolute Gasteiger partial charge is 0.279 e. The second-order valence-corrected chi connectivity index (χ2v) is 3.74. The summed E-state index contributed by atoms with van der Waals surface area (Å²) in [6.45, 7) is 0. The van der Waals surface area contributed by atoms with Crippen LogP contribution in [0.5, 0.6) is 0 Å². The van der Waals surface area contributed by atoms with Crippen LogP contribution in [-0.4, -0.2) is 20.2 Å². The maximum absolute atomic E-state index is 11.9. The van der Waals surface area contributed by atoms with Crippen molar-refractivity contribution in [1.82, 2.24) is 20.2 Å². The molecular weight excluding hydrogens is 232 g/mol. The summed E-state index contributed by atoms with van der Waals surface area (Å²) in [5, 5.41) is 8.57. The molecule has 0 saturated heterocycles. The average molecular weight is 242 g/mol. The van der Waals surface area contributed by atoms with Crippen molar-refractivity contribution < 1.29 is 0 Å². The van der Waals surface area contributed by atoms with E-state index in [4.69, 9.17) is 5.84 Å². The number of H-pyrrole nitrogens is 2. The first-order valence-electron chi connectivity index (χ1n) is 5.29. The predicted octanol–water partition coefficient (Wildman–Crippen LogP) is 0.599. The molecule has 0 atom stereocenters. The van der Waals surface area contributed by atoms with E-state index >= 15 is 0 Å². The van der Waals surface area contributed by atoms with E-state index in [0.29, 0.717) is 5.56 Å². The van der Waals surface area contributed by atoms with Gasteiger partial charge < -0.3 is 4.98 Å². The lowest BCUT2D eigenvalue weighted by Gasteiger charge is -1.99. The zero-order valence-corrected chi connectivity index (χ0v) is 9.27. The highest BCUT2D eigenvalue weighted by Gasteiger charge is 2.11. The number of anilines is 1. The van der Waals surface area contributed by atoms with Gasteiger partial charge in [0.2, 0.25) is 5.95 Å². The van der Waals surface area contributed by atoms with Crippen LogP contribution in [0, 0.1) is 0 Å². The van der Waals surface area contributed by atoms with Gasteiger partial charge in [-0.15, -0.1) is 10.2 Å². The minimum Gasteiger partial charge on any atom is -0.360 e. The summed E-state index contributed by atoms with van der Waals surface area (Å²) < 4.78 is 0. The molecule has 7 heteroatoms. The van der Waals surface area contributed by atoms with Crippen LogP contribution in [0.4, 0.5) is 5.95 Å². The molecule has 0 saturated carbocycles. The highest BCUT2D eigenvalue weighted by molar-refractivity contribution is 5.94. The van der Waals surface area contributed by atoms with Gasteiger partial charge in [0, 0.05) is 22.7 Å². The molecular formula is C11H10N6O. The SMILES string of the molecule is NNc1nnc(-c2c[nH]c3ccccc23)c(=O)[nH]1. The van der Waals surface area contributed by atoms with Crippen LogP contribution in [0.15, 0.2) is 35.3 Å². The zero-order valence-electron chi connectivity index (χ0n) is 9.27. The van der Waals surface area contributed by atoms with Crippen LogP contribution in [0.3, 0.4) is 0 Å². The van der Waals surface area contributed by atoms with E-state index in [-0.39, 0.29) is 17.2 Å². The van der Waals surface area contributed by atoms with Gasteiger partial charge in [-0.2, -0.15) is 0 Å². The molecule has 0 amide bonds. The Morgan fingerprint density at radius 3 is 2.83 bits per heavy atom. The van der Waals surface area contributed by atoms with Crippen LogP contribution < -0.4 is 16.8 Å². The number of nitrogen functional groups attached to an aromatic ring is 1. The molecule has 0 aliphatic carbocycles. The number of rotatable bonds is 2. The lowest BCUT2D eigenvalue weighted by Crippen LogP contribution is -2.19. The summed E-state index contributed by atoms with van der Waals surface area (Å²) in [6, 6.07) is 7.66. The summed E-state index contributed by atoms with van der Waals surface area (Å²) in [5.74, 6) is 5.28. The van der Waals surface area contributed by atoms with Gasteiger partial charge in [0.25, 0.3) is 5.56 Å². The second kappa shape index (κ2) is 3.97. The Morgan fingerprint density at radius 1 is 1.22 bits per heavy atom. The number of aromatic amines is 2. The Bertz CT molecular complexity index is 759. The van der Waals surface area contributed by atoms with E-state index in [9.17, 15) is 4.79 Å². The molecule has 0 aliphatic heterocycles. The van der Waals surface area contributed by atoms with Crippen molar-refractivity contribution in [3.63, 3.8) is 0 Å². The average Bonchev–Trinajstić information content (AvgIpc) is 2.82. The van der Waals surface area contributed by atoms with Gasteiger partial charge in [-0.05, 0) is 6.07 Å². The minimum absolute atomic E-state index is 0.128. The molecule has 0 bridgehead atoms. The molecule has 2 heterocycles. The van der Waals surface area contributed by atoms with Crippen molar-refractivity contribution in [3.8, 4) is 11.3 Å². The number of hydrogen-bond acceptors (Lipinski definition) is 5. The number of para-hydroxylation sites is 1. The number of nitrogens with zero attached hydrogens (tertiary/aromatic N) is 2. The summed E-state index contributed by atoms with van der Waals surface area (Å²) in [6.07, 6.45) is 1.74. The molecule has 1 aromatic carbocycles. The Hall–Kier alpha value is -2.67. The van der Waals surface area contributed by atoms with Gasteiger partial charge in [0.1, 0.15) is 0 Å². The first kappa shape index (κ1) is 10.5. The molecule has 0 spiro atoms. The fourth-order valence-electron chi connectivity index (χ4n) is 1.85. The van der Waals surface area contributed by atoms with Gasteiger partial charge in [0.05, 0.1) is 0 Å². The number of hydrazine groups is 1. The van der Waals surface area contributed by atoms with Crippen LogP contribution in [0.2, 0.25) is 0 Å². The summed E-state index contributed by atoms with van der Waals surface area (Å²) in [4.78, 5) is 17.5. The van der Waals surface area contributed by atoms with Crippen molar-refractivity contribution in [2.24, 2.45) is 5.84 Å². The number of hydrogen-bond donors (Lipinski definition) is 4. The number of nitrogens with one attached hydrogen (secondary N) is 3. The first-order chi connectivity index (χ1) is 8.79. The van der Waals surface area contributed by atoms with E-state index < -0.39 is 0 Å². The third-order valence-corrected chi connectivity index (χ3v) is 2.68. The Labute approximate surface area is 101 Å². The van der Waals surface area contributed by atoms with Crippen molar-refractivity contribution in [3.05, 3.63) is 40.8 Å². The molecule has 2 aromatic heterocycles. The number of nitrogens with two attached hydrogens (primary N) is 1. The summed E-state index contributed by atoms with van der Waals surface area (Å²) in [5.41, 5.74) is 3.80. The number of aromatic nitrogens is 4. The molecule has 18 heavy (non-hydrogen) atoms. The quantitative estimate of drug-likeness (QED) is 0.388. The van der Waals surface area contributed by atoms with E-state index in [1.165, 1.54) is 0 Å². The standard InChI is InChI=1S/C11H10N6O/c12-15-11-14-10(18)9(16-17-11)7-5-13-8-4-2-1-3-6(7)8/h1-5,13H,12H2,(H2,14,15,17,18). The maximum Gasteiger partial charge on any atom is 0.279 e. The Kier molecular flexibility index (Phi) is 2.31. The highest BCUT2D eigenvalue weighted by atomic mass is 16.1. The normalized spacial score (nSPS) is 10.7. The summed E-state index contributed by atoms with van der Waals surface area (Å²) in [7, 11) is 0. The van der Waals surface area contributed by atoms with Crippen molar-refractivity contribution in [2.45, 2.75) is 0 Å². The molecule has 7 nitrogen and oxygen atoms in total. The molecule has 3 aromatic rings. The summed E-state index contributed by atoms with van der Waals surface area (Å²) >= 11 is 0. The molecule has 0 radical (unpaired) electrons. The molecule has 0 unspecified atom stereocenters. The lowest BCUT2D eigenvalue weighted by atomic mass is 10.1. The van der Waals surface area contributed by atoms with Crippen LogP contribution in [0.25, 0.3) is 22.2 Å². The maximum atomic E-state index is 11.9. The van der Waals surface area contributed by atoms with E-state index in [1.807, 2.05) is 24.3 Å². The molecule has 90 valence electrons. The van der Waals surface area contributed by atoms with Crippen LogP contribution in [-0.2, 0) is 0 Å². The topological polar surface area (TPSA) is 112 Å². The monoisotopic (exact) mass is 242 g/mol. The largest absolute Gasteiger partial charge is 0.360 e. The van der Waals surface area contributed by atoms with Gasteiger partial charge >= 0.3 is 0 Å². The highest BCUT2D eigenvalue weighted by Crippen LogP contribution is 2.24. The zero-order chi connectivity index (χ0) is 12.5. The van der Waals surface area contributed by atoms with Crippen molar-refractivity contribution >= 4 is 16.9 Å². The number of benzene rings is 1. The van der Waals surface area contributed by atoms with Gasteiger partial charge in [-0.3, -0.25) is 15.2 Å². The predicted molar refractivity (Wildman–Crippen MR) is 67.8 cm³/mol. The fraction of sp³-hybridized carbons (Fsp3) is 0. The van der Waals surface area contributed by atoms with Gasteiger partial charge in [-0.25, -0.2) is 5.84 Å². The third-order valence-electron chi connectivity index (χ3n) is 2.68. The molecule has 0 fully saturated rings. The first-order valence-corrected chi connectivity index (χ1v) is 5.29. The van der Waals surface area contributed by atoms with E-state index in [0.717, 1.165) is 10.9 Å². The number of fused-ring (bicyclic) bond motifs is 1. The van der Waals surface area contributed by atoms with Crippen LogP contribution in [0.1, 0.15) is 0 Å². The fourth-order valence-corrected chi connectivity index (χ4v) is 1.85. The van der Waals surface area contributed by atoms with Crippen molar-refractivity contribution in [2.75, 3.05) is 5.43 Å². The van der Waals surface area contributed by atoms with Gasteiger partial charge in [0.15, 0.2) is 5.69 Å². The van der Waals surface area contributed by atoms with E-state index in [1.54, 1.807) is 6.20 Å². The molecule has 3 rings (SSSR count).